The van der Waals surface area contributed by atoms with Crippen LogP contribution >= 0.6 is 15.9 Å². The molecule has 0 bridgehead atoms. The lowest BCUT2D eigenvalue weighted by Crippen LogP contribution is -2.43. The Balaban J connectivity index is 1.85. The Labute approximate surface area is 237 Å². The van der Waals surface area contributed by atoms with Crippen LogP contribution in [0.2, 0.25) is 0 Å². The molecular weight excluding hydrogens is 581 g/mol. The number of nitrogens with one attached hydrogen (secondary N) is 1. The standard InChI is InChI=1S/C29H29BrFN5O4/c1-4-17(2)35-28(39)26-23(32-22-12-11-18(30)14-21(22)31)16-25(38)33(3)27(26)36(29(35)40)20-9-7-8-19(15-20)34-13-6-5-10-24(34)37/h7-9,11-12,14-17,32H,4-6,10,13H2,1-3H3. The van der Waals surface area contributed by atoms with Crippen LogP contribution in [0.4, 0.5) is 21.5 Å². The molecule has 208 valence electrons. The maximum Gasteiger partial charge on any atom is 0.337 e. The van der Waals surface area contributed by atoms with Crippen molar-refractivity contribution in [3.63, 3.8) is 0 Å². The average Bonchev–Trinajstić information content (AvgIpc) is 2.93. The third kappa shape index (κ3) is 4.78. The lowest BCUT2D eigenvalue weighted by atomic mass is 10.1. The summed E-state index contributed by atoms with van der Waals surface area (Å²) in [7, 11) is 1.48. The number of halogens is 2. The number of carbonyl (C=O) groups excluding carboxylic acids is 1. The van der Waals surface area contributed by atoms with Crippen LogP contribution in [-0.4, -0.2) is 26.2 Å². The normalized spacial score (nSPS) is 14.5. The van der Waals surface area contributed by atoms with E-state index in [-0.39, 0.29) is 28.3 Å². The van der Waals surface area contributed by atoms with Crippen molar-refractivity contribution in [3.05, 3.63) is 90.0 Å². The van der Waals surface area contributed by atoms with Gasteiger partial charge in [0.1, 0.15) is 16.9 Å². The third-order valence-electron chi connectivity index (χ3n) is 7.41. The van der Waals surface area contributed by atoms with E-state index >= 15 is 0 Å². The summed E-state index contributed by atoms with van der Waals surface area (Å²) in [5.41, 5.74) is -0.481. The summed E-state index contributed by atoms with van der Waals surface area (Å²) in [5.74, 6) is -0.585. The fourth-order valence-corrected chi connectivity index (χ4v) is 5.41. The van der Waals surface area contributed by atoms with E-state index in [1.807, 2.05) is 6.92 Å². The molecule has 1 aliphatic rings. The number of piperidine rings is 1. The number of hydrogen-bond acceptors (Lipinski definition) is 5. The first kappa shape index (κ1) is 27.6. The molecule has 0 aliphatic carbocycles. The summed E-state index contributed by atoms with van der Waals surface area (Å²) in [5, 5.41) is 2.97. The highest BCUT2D eigenvalue weighted by Gasteiger charge is 2.25. The number of aryl methyl sites for hydroxylation is 1. The maximum absolute atomic E-state index is 14.8. The van der Waals surface area contributed by atoms with Crippen LogP contribution in [0.25, 0.3) is 16.7 Å². The lowest BCUT2D eigenvalue weighted by molar-refractivity contribution is -0.119. The minimum atomic E-state index is -0.615. The Morgan fingerprint density at radius 2 is 1.75 bits per heavy atom. The van der Waals surface area contributed by atoms with Gasteiger partial charge in [0.15, 0.2) is 0 Å². The second-order valence-corrected chi connectivity index (χ2v) is 10.9. The molecular formula is C29H29BrFN5O4. The average molecular weight is 610 g/mol. The number of benzene rings is 2. The van der Waals surface area contributed by atoms with Crippen LogP contribution in [0.1, 0.15) is 45.6 Å². The van der Waals surface area contributed by atoms with Crippen LogP contribution < -0.4 is 27.0 Å². The zero-order chi connectivity index (χ0) is 28.7. The van der Waals surface area contributed by atoms with Gasteiger partial charge < -0.3 is 10.2 Å². The van der Waals surface area contributed by atoms with Gasteiger partial charge in [-0.3, -0.25) is 23.5 Å². The third-order valence-corrected chi connectivity index (χ3v) is 7.90. The molecule has 1 unspecified atom stereocenters. The molecule has 40 heavy (non-hydrogen) atoms. The number of carbonyl (C=O) groups is 1. The molecule has 1 amide bonds. The monoisotopic (exact) mass is 609 g/mol. The quantitative estimate of drug-likeness (QED) is 0.332. The minimum Gasteiger partial charge on any atom is -0.352 e. The van der Waals surface area contributed by atoms with E-state index in [2.05, 4.69) is 21.2 Å². The molecule has 0 radical (unpaired) electrons. The van der Waals surface area contributed by atoms with E-state index in [1.54, 1.807) is 42.2 Å². The van der Waals surface area contributed by atoms with Gasteiger partial charge in [-0.15, -0.1) is 0 Å². The summed E-state index contributed by atoms with van der Waals surface area (Å²) in [6, 6.07) is 12.1. The van der Waals surface area contributed by atoms with Crippen LogP contribution in [0, 0.1) is 5.82 Å². The van der Waals surface area contributed by atoms with Crippen LogP contribution in [-0.2, 0) is 11.8 Å². The van der Waals surface area contributed by atoms with Gasteiger partial charge in [-0.1, -0.05) is 28.9 Å². The summed E-state index contributed by atoms with van der Waals surface area (Å²) in [4.78, 5) is 55.5. The predicted molar refractivity (Wildman–Crippen MR) is 158 cm³/mol. The number of hydrogen-bond donors (Lipinski definition) is 1. The van der Waals surface area contributed by atoms with Crippen molar-refractivity contribution in [1.82, 2.24) is 13.7 Å². The number of amides is 1. The van der Waals surface area contributed by atoms with Crippen LogP contribution in [0.3, 0.4) is 0 Å². The second-order valence-electron chi connectivity index (χ2n) is 9.98. The topological polar surface area (TPSA) is 98.3 Å². The van der Waals surface area contributed by atoms with E-state index in [4.69, 9.17) is 0 Å². The number of rotatable bonds is 6. The fraction of sp³-hybridized carbons (Fsp3) is 0.310. The van der Waals surface area contributed by atoms with Gasteiger partial charge in [-0.05, 0) is 62.6 Å². The highest BCUT2D eigenvalue weighted by molar-refractivity contribution is 9.10. The zero-order valence-electron chi connectivity index (χ0n) is 22.4. The van der Waals surface area contributed by atoms with Crippen LogP contribution in [0.15, 0.2) is 67.4 Å². The van der Waals surface area contributed by atoms with Crippen molar-refractivity contribution in [2.45, 2.75) is 45.6 Å². The molecule has 1 saturated heterocycles. The van der Waals surface area contributed by atoms with Gasteiger partial charge in [-0.25, -0.2) is 13.8 Å². The van der Waals surface area contributed by atoms with Crippen molar-refractivity contribution in [3.8, 4) is 5.69 Å². The van der Waals surface area contributed by atoms with Crippen molar-refractivity contribution < 1.29 is 9.18 Å². The zero-order valence-corrected chi connectivity index (χ0v) is 24.0. The number of aromatic nitrogens is 3. The van der Waals surface area contributed by atoms with E-state index < -0.39 is 28.7 Å². The first-order valence-corrected chi connectivity index (χ1v) is 14.0. The lowest BCUT2D eigenvalue weighted by Gasteiger charge is -2.27. The van der Waals surface area contributed by atoms with E-state index in [9.17, 15) is 23.6 Å². The molecule has 2 aromatic heterocycles. The molecule has 1 aliphatic heterocycles. The van der Waals surface area contributed by atoms with Crippen molar-refractivity contribution in [2.75, 3.05) is 16.8 Å². The Morgan fingerprint density at radius 3 is 2.45 bits per heavy atom. The van der Waals surface area contributed by atoms with Crippen molar-refractivity contribution in [1.29, 1.82) is 0 Å². The summed E-state index contributed by atoms with van der Waals surface area (Å²) >= 11 is 3.23. The molecule has 9 nitrogen and oxygen atoms in total. The number of nitrogens with zero attached hydrogens (tertiary/aromatic N) is 4. The summed E-state index contributed by atoms with van der Waals surface area (Å²) in [6.45, 7) is 4.20. The minimum absolute atomic E-state index is 0.000547. The van der Waals surface area contributed by atoms with E-state index in [1.165, 1.54) is 34.4 Å². The molecule has 5 rings (SSSR count). The van der Waals surface area contributed by atoms with E-state index in [0.29, 0.717) is 35.2 Å². The number of pyridine rings is 1. The molecule has 0 saturated carbocycles. The van der Waals surface area contributed by atoms with Gasteiger partial charge in [0, 0.05) is 42.3 Å². The smallest absolute Gasteiger partial charge is 0.337 e. The molecule has 1 atom stereocenters. The first-order chi connectivity index (χ1) is 19.1. The largest absolute Gasteiger partial charge is 0.352 e. The van der Waals surface area contributed by atoms with Gasteiger partial charge in [0.2, 0.25) is 5.91 Å². The SMILES string of the molecule is CCC(C)n1c(=O)c2c(Nc3ccc(Br)cc3F)cc(=O)n(C)c2n(-c2cccc(N3CCCCC3=O)c2)c1=O. The van der Waals surface area contributed by atoms with Gasteiger partial charge in [-0.2, -0.15) is 0 Å². The van der Waals surface area contributed by atoms with Gasteiger partial charge in [0.25, 0.3) is 11.1 Å². The number of fused-ring (bicyclic) bond motifs is 1. The number of anilines is 3. The molecule has 0 spiro atoms. The predicted octanol–water partition coefficient (Wildman–Crippen LogP) is 4.98. The second kappa shape index (κ2) is 10.9. The molecule has 11 heteroatoms. The fourth-order valence-electron chi connectivity index (χ4n) is 5.08. The Bertz CT molecular complexity index is 1830. The molecule has 2 aromatic carbocycles. The van der Waals surface area contributed by atoms with Crippen molar-refractivity contribution in [2.24, 2.45) is 7.05 Å². The van der Waals surface area contributed by atoms with Gasteiger partial charge in [0.05, 0.1) is 17.1 Å². The van der Waals surface area contributed by atoms with Crippen LogP contribution in [0.5, 0.6) is 0 Å². The highest BCUT2D eigenvalue weighted by Crippen LogP contribution is 2.28. The molecule has 4 aromatic rings. The highest BCUT2D eigenvalue weighted by atomic mass is 79.9. The Morgan fingerprint density at radius 1 is 1.00 bits per heavy atom. The maximum atomic E-state index is 14.8. The molecule has 1 fully saturated rings. The van der Waals surface area contributed by atoms with Gasteiger partial charge >= 0.3 is 5.69 Å². The van der Waals surface area contributed by atoms with Crippen molar-refractivity contribution >= 4 is 49.9 Å². The summed E-state index contributed by atoms with van der Waals surface area (Å²) in [6.07, 6.45) is 2.64. The Hall–Kier alpha value is -3.99. The molecule has 3 heterocycles. The summed E-state index contributed by atoms with van der Waals surface area (Å²) < 4.78 is 19.0. The first-order valence-electron chi connectivity index (χ1n) is 13.2. The Kier molecular flexibility index (Phi) is 7.50. The molecule has 1 N–H and O–H groups in total. The van der Waals surface area contributed by atoms with E-state index in [0.717, 1.165) is 17.4 Å².